The van der Waals surface area contributed by atoms with E-state index in [0.717, 1.165) is 58.7 Å². The van der Waals surface area contributed by atoms with E-state index >= 15 is 0 Å². The number of rotatable bonds is 2. The molecular formula is C23H34N2O3. The summed E-state index contributed by atoms with van der Waals surface area (Å²) >= 11 is 0. The maximum absolute atomic E-state index is 12.3. The summed E-state index contributed by atoms with van der Waals surface area (Å²) < 4.78 is 11.4. The molecule has 1 aromatic rings. The zero-order valence-corrected chi connectivity index (χ0v) is 17.5. The quantitative estimate of drug-likeness (QED) is 0.773. The van der Waals surface area contributed by atoms with E-state index in [1.807, 2.05) is 25.7 Å². The van der Waals surface area contributed by atoms with Gasteiger partial charge in [0.1, 0.15) is 5.60 Å². The summed E-state index contributed by atoms with van der Waals surface area (Å²) in [6, 6.07) is 11.5. The molecule has 3 aliphatic rings. The lowest BCUT2D eigenvalue weighted by molar-refractivity contribution is -0.120. The van der Waals surface area contributed by atoms with Crippen LogP contribution < -0.4 is 0 Å². The van der Waals surface area contributed by atoms with Crippen molar-refractivity contribution in [2.45, 2.75) is 57.6 Å². The maximum Gasteiger partial charge on any atom is 0.410 e. The molecule has 0 radical (unpaired) electrons. The number of carbonyl (C=O) groups excluding carboxylic acids is 1. The average molecular weight is 387 g/mol. The van der Waals surface area contributed by atoms with E-state index in [0.29, 0.717) is 17.4 Å². The van der Waals surface area contributed by atoms with Gasteiger partial charge < -0.3 is 14.4 Å². The second kappa shape index (κ2) is 7.68. The molecule has 4 rings (SSSR count). The number of nitrogens with zero attached hydrogens (tertiary/aromatic N) is 2. The van der Waals surface area contributed by atoms with Crippen molar-refractivity contribution in [2.24, 2.45) is 5.41 Å². The van der Waals surface area contributed by atoms with Crippen LogP contribution in [0.5, 0.6) is 0 Å². The van der Waals surface area contributed by atoms with Crippen LogP contribution in [0.4, 0.5) is 4.79 Å². The molecule has 154 valence electrons. The smallest absolute Gasteiger partial charge is 0.410 e. The monoisotopic (exact) mass is 386 g/mol. The molecule has 0 N–H and O–H groups in total. The van der Waals surface area contributed by atoms with E-state index in [1.165, 1.54) is 5.56 Å². The van der Waals surface area contributed by atoms with Crippen LogP contribution in [0.15, 0.2) is 30.3 Å². The highest BCUT2D eigenvalue weighted by molar-refractivity contribution is 5.68. The molecule has 0 aromatic heterocycles. The Morgan fingerprint density at radius 1 is 1.14 bits per heavy atom. The Hall–Kier alpha value is -1.59. The van der Waals surface area contributed by atoms with Gasteiger partial charge >= 0.3 is 6.09 Å². The van der Waals surface area contributed by atoms with Crippen molar-refractivity contribution in [3.05, 3.63) is 35.9 Å². The molecule has 1 spiro atoms. The molecule has 5 nitrogen and oxygen atoms in total. The maximum atomic E-state index is 12.3. The summed E-state index contributed by atoms with van der Waals surface area (Å²) in [4.78, 5) is 16.8. The van der Waals surface area contributed by atoms with Gasteiger partial charge in [0.2, 0.25) is 0 Å². The normalized spacial score (nSPS) is 26.1. The fraction of sp³-hybridized carbons (Fsp3) is 0.696. The van der Waals surface area contributed by atoms with Crippen molar-refractivity contribution < 1.29 is 14.3 Å². The first-order valence-electron chi connectivity index (χ1n) is 10.7. The fourth-order valence-corrected chi connectivity index (χ4v) is 5.10. The van der Waals surface area contributed by atoms with E-state index in [9.17, 15) is 4.79 Å². The molecule has 0 bridgehead atoms. The van der Waals surface area contributed by atoms with Crippen LogP contribution in [-0.4, -0.2) is 66.9 Å². The zero-order valence-electron chi connectivity index (χ0n) is 17.5. The minimum atomic E-state index is -0.423. The molecule has 3 fully saturated rings. The molecule has 3 aliphatic heterocycles. The van der Waals surface area contributed by atoms with Gasteiger partial charge in [-0.1, -0.05) is 30.3 Å². The molecule has 1 amide bonds. The van der Waals surface area contributed by atoms with Crippen LogP contribution in [0.25, 0.3) is 0 Å². The highest BCUT2D eigenvalue weighted by Crippen LogP contribution is 2.50. The van der Waals surface area contributed by atoms with Crippen molar-refractivity contribution in [3.8, 4) is 0 Å². The number of carbonyl (C=O) groups is 1. The van der Waals surface area contributed by atoms with Gasteiger partial charge in [-0.05, 0) is 45.6 Å². The summed E-state index contributed by atoms with van der Waals surface area (Å²) in [7, 11) is 0. The Morgan fingerprint density at radius 2 is 1.82 bits per heavy atom. The Morgan fingerprint density at radius 3 is 2.46 bits per heavy atom. The number of ether oxygens (including phenoxy) is 2. The van der Waals surface area contributed by atoms with Crippen LogP contribution in [0.2, 0.25) is 0 Å². The van der Waals surface area contributed by atoms with E-state index in [-0.39, 0.29) is 6.09 Å². The third-order valence-electron chi connectivity index (χ3n) is 6.64. The summed E-state index contributed by atoms with van der Waals surface area (Å²) in [5.74, 6) is 0.501. The Labute approximate surface area is 169 Å². The van der Waals surface area contributed by atoms with Gasteiger partial charge in [0, 0.05) is 50.2 Å². The van der Waals surface area contributed by atoms with Crippen molar-refractivity contribution in [3.63, 3.8) is 0 Å². The highest BCUT2D eigenvalue weighted by Gasteiger charge is 2.52. The van der Waals surface area contributed by atoms with Crippen LogP contribution in [0, 0.1) is 5.41 Å². The van der Waals surface area contributed by atoms with Gasteiger partial charge in [0.15, 0.2) is 0 Å². The van der Waals surface area contributed by atoms with Gasteiger partial charge in [-0.3, -0.25) is 4.90 Å². The predicted molar refractivity (Wildman–Crippen MR) is 109 cm³/mol. The number of hydrogen-bond acceptors (Lipinski definition) is 4. The van der Waals surface area contributed by atoms with Crippen molar-refractivity contribution >= 4 is 6.09 Å². The lowest BCUT2D eigenvalue weighted by Gasteiger charge is -2.59. The topological polar surface area (TPSA) is 42.0 Å². The molecule has 0 saturated carbocycles. The Bertz CT molecular complexity index is 671. The second-order valence-corrected chi connectivity index (χ2v) is 9.75. The van der Waals surface area contributed by atoms with Crippen LogP contribution in [0.3, 0.4) is 0 Å². The predicted octanol–water partition coefficient (Wildman–Crippen LogP) is 3.89. The van der Waals surface area contributed by atoms with E-state index in [2.05, 4.69) is 35.2 Å². The van der Waals surface area contributed by atoms with Crippen molar-refractivity contribution in [2.75, 3.05) is 39.4 Å². The average Bonchev–Trinajstić information content (AvgIpc) is 2.65. The molecular weight excluding hydrogens is 352 g/mol. The molecule has 28 heavy (non-hydrogen) atoms. The van der Waals surface area contributed by atoms with Crippen LogP contribution in [-0.2, 0) is 9.47 Å². The molecule has 0 unspecified atom stereocenters. The Balaban J connectivity index is 1.32. The second-order valence-electron chi connectivity index (χ2n) is 9.75. The summed E-state index contributed by atoms with van der Waals surface area (Å²) in [6.45, 7) is 11.4. The minimum absolute atomic E-state index is 0.167. The first kappa shape index (κ1) is 19.7. The summed E-state index contributed by atoms with van der Waals surface area (Å²) in [5.41, 5.74) is 1.36. The number of piperidine rings is 1. The van der Waals surface area contributed by atoms with E-state index in [1.54, 1.807) is 0 Å². The third kappa shape index (κ3) is 4.06. The van der Waals surface area contributed by atoms with Gasteiger partial charge in [-0.25, -0.2) is 4.79 Å². The van der Waals surface area contributed by atoms with Crippen molar-refractivity contribution in [1.29, 1.82) is 0 Å². The molecule has 5 heteroatoms. The first-order valence-corrected chi connectivity index (χ1v) is 10.7. The van der Waals surface area contributed by atoms with Gasteiger partial charge in [-0.2, -0.15) is 0 Å². The lowest BCUT2D eigenvalue weighted by atomic mass is 9.63. The standard InChI is InChI=1S/C23H34N2O3/c1-22(2,3)28-21(26)24-12-9-19(10-13-24)25-16-23(17-25)11-14-27-15-20(23)18-7-5-4-6-8-18/h4-8,19-20H,9-17H2,1-3H3/t20-/m0/s1. The van der Waals surface area contributed by atoms with Crippen LogP contribution >= 0.6 is 0 Å². The van der Waals surface area contributed by atoms with Gasteiger partial charge in [-0.15, -0.1) is 0 Å². The molecule has 1 aromatic carbocycles. The van der Waals surface area contributed by atoms with Gasteiger partial charge in [0.05, 0.1) is 6.61 Å². The SMILES string of the molecule is CC(C)(C)OC(=O)N1CCC(N2CC3(CCOC[C@H]3c3ccccc3)C2)CC1. The Kier molecular flexibility index (Phi) is 5.41. The van der Waals surface area contributed by atoms with E-state index < -0.39 is 5.60 Å². The number of likely N-dealkylation sites (tertiary alicyclic amines) is 2. The number of benzene rings is 1. The molecule has 0 aliphatic carbocycles. The van der Waals surface area contributed by atoms with Crippen molar-refractivity contribution in [1.82, 2.24) is 9.80 Å². The molecule has 3 heterocycles. The van der Waals surface area contributed by atoms with E-state index in [4.69, 9.17) is 9.47 Å². The first-order chi connectivity index (χ1) is 13.4. The molecule has 3 saturated heterocycles. The summed E-state index contributed by atoms with van der Waals surface area (Å²) in [6.07, 6.45) is 3.07. The number of amides is 1. The van der Waals surface area contributed by atoms with Gasteiger partial charge in [0.25, 0.3) is 0 Å². The third-order valence-corrected chi connectivity index (χ3v) is 6.64. The largest absolute Gasteiger partial charge is 0.444 e. The minimum Gasteiger partial charge on any atom is -0.444 e. The lowest BCUT2D eigenvalue weighted by Crippen LogP contribution is -2.65. The van der Waals surface area contributed by atoms with Crippen LogP contribution in [0.1, 0.15) is 51.5 Å². The fourth-order valence-electron chi connectivity index (χ4n) is 5.10. The highest BCUT2D eigenvalue weighted by atomic mass is 16.6. The number of hydrogen-bond donors (Lipinski definition) is 0. The zero-order chi connectivity index (χ0) is 19.8. The summed E-state index contributed by atoms with van der Waals surface area (Å²) in [5, 5.41) is 0. The molecule has 1 atom stereocenters.